The molecule has 11 nitrogen and oxygen atoms in total. The van der Waals surface area contributed by atoms with E-state index < -0.39 is 9.84 Å². The maximum atomic E-state index is 12.1. The second kappa shape index (κ2) is 12.4. The normalized spacial score (nSPS) is 14.8. The standard InChI is InChI=1S/C28H40N8O3S/c1-28(2,18-34(3)4)19-35-13-15-36(16-14-35)21-11-12-22(24(17-21)39-5)31-26-29-20-30-27(33-26)32-23-9-7-8-10-25(23)40(6,37)38/h7-12,17,20H,13-16,18-19H2,1-6H3,(H2,29,30,31,32,33). The number of para-hydroxylation sites is 1. The molecule has 0 aliphatic carbocycles. The Morgan fingerprint density at radius 1 is 0.975 bits per heavy atom. The van der Waals surface area contributed by atoms with Crippen LogP contribution in [0.25, 0.3) is 0 Å². The van der Waals surface area contributed by atoms with Gasteiger partial charge in [0.25, 0.3) is 0 Å². The van der Waals surface area contributed by atoms with Crippen molar-refractivity contribution in [3.63, 3.8) is 0 Å². The number of benzene rings is 2. The van der Waals surface area contributed by atoms with Crippen LogP contribution in [0.4, 0.5) is 29.0 Å². The molecule has 2 aromatic carbocycles. The average molecular weight is 569 g/mol. The van der Waals surface area contributed by atoms with Crippen LogP contribution in [0.1, 0.15) is 13.8 Å². The Bertz CT molecular complexity index is 1410. The smallest absolute Gasteiger partial charge is 0.232 e. The molecule has 1 aliphatic heterocycles. The topological polar surface area (TPSA) is 116 Å². The number of anilines is 5. The lowest BCUT2D eigenvalue weighted by Gasteiger charge is -2.40. The van der Waals surface area contributed by atoms with E-state index in [0.29, 0.717) is 23.1 Å². The highest BCUT2D eigenvalue weighted by atomic mass is 32.2. The minimum Gasteiger partial charge on any atom is -0.494 e. The zero-order valence-corrected chi connectivity index (χ0v) is 25.0. The van der Waals surface area contributed by atoms with Gasteiger partial charge in [-0.25, -0.2) is 18.4 Å². The first-order chi connectivity index (χ1) is 18.9. The van der Waals surface area contributed by atoms with Crippen LogP contribution in [0.5, 0.6) is 5.75 Å². The predicted molar refractivity (Wildman–Crippen MR) is 160 cm³/mol. The molecule has 0 spiro atoms. The highest BCUT2D eigenvalue weighted by molar-refractivity contribution is 7.90. The second-order valence-electron chi connectivity index (χ2n) is 11.2. The lowest BCUT2D eigenvalue weighted by Crippen LogP contribution is -2.50. The summed E-state index contributed by atoms with van der Waals surface area (Å²) in [6.07, 6.45) is 2.53. The fourth-order valence-corrected chi connectivity index (χ4v) is 6.05. The van der Waals surface area contributed by atoms with E-state index in [-0.39, 0.29) is 16.3 Å². The summed E-state index contributed by atoms with van der Waals surface area (Å²) in [5, 5.41) is 6.18. The number of ether oxygens (including phenoxy) is 1. The van der Waals surface area contributed by atoms with Gasteiger partial charge in [-0.05, 0) is 43.8 Å². The van der Waals surface area contributed by atoms with Crippen molar-refractivity contribution in [2.45, 2.75) is 18.7 Å². The summed E-state index contributed by atoms with van der Waals surface area (Å²) in [6.45, 7) is 10.7. The lowest BCUT2D eigenvalue weighted by atomic mass is 9.92. The third-order valence-corrected chi connectivity index (χ3v) is 7.82. The molecule has 40 heavy (non-hydrogen) atoms. The van der Waals surface area contributed by atoms with E-state index in [2.05, 4.69) is 74.3 Å². The van der Waals surface area contributed by atoms with Crippen LogP contribution in [-0.4, -0.2) is 99.9 Å². The Morgan fingerprint density at radius 2 is 1.62 bits per heavy atom. The maximum absolute atomic E-state index is 12.1. The van der Waals surface area contributed by atoms with Crippen LogP contribution >= 0.6 is 0 Å². The molecule has 1 saturated heterocycles. The van der Waals surface area contributed by atoms with Crippen molar-refractivity contribution < 1.29 is 13.2 Å². The number of nitrogens with zero attached hydrogens (tertiary/aromatic N) is 6. The number of hydrogen-bond donors (Lipinski definition) is 2. The van der Waals surface area contributed by atoms with Crippen LogP contribution in [0.2, 0.25) is 0 Å². The number of rotatable bonds is 11. The summed E-state index contributed by atoms with van der Waals surface area (Å²) >= 11 is 0. The number of hydrogen-bond acceptors (Lipinski definition) is 11. The monoisotopic (exact) mass is 568 g/mol. The first-order valence-corrected chi connectivity index (χ1v) is 15.1. The van der Waals surface area contributed by atoms with Crippen molar-refractivity contribution in [3.8, 4) is 5.75 Å². The minimum atomic E-state index is -3.42. The molecule has 2 heterocycles. The summed E-state index contributed by atoms with van der Waals surface area (Å²) in [4.78, 5) is 20.1. The van der Waals surface area contributed by atoms with E-state index >= 15 is 0 Å². The summed E-state index contributed by atoms with van der Waals surface area (Å²) in [7, 11) is 2.47. The van der Waals surface area contributed by atoms with Gasteiger partial charge in [-0.3, -0.25) is 4.90 Å². The molecule has 12 heteroatoms. The van der Waals surface area contributed by atoms with Gasteiger partial charge in [0.1, 0.15) is 12.1 Å². The summed E-state index contributed by atoms with van der Waals surface area (Å²) in [5.74, 6) is 1.19. The fourth-order valence-electron chi connectivity index (χ4n) is 5.21. The van der Waals surface area contributed by atoms with Gasteiger partial charge in [0, 0.05) is 57.3 Å². The third kappa shape index (κ3) is 7.80. The van der Waals surface area contributed by atoms with E-state index in [1.165, 1.54) is 12.4 Å². The van der Waals surface area contributed by atoms with E-state index in [1.54, 1.807) is 25.3 Å². The summed E-state index contributed by atoms with van der Waals surface area (Å²) < 4.78 is 30.0. The van der Waals surface area contributed by atoms with Crippen LogP contribution in [0.15, 0.2) is 53.7 Å². The van der Waals surface area contributed by atoms with Crippen molar-refractivity contribution in [2.75, 3.05) is 82.3 Å². The molecule has 0 atom stereocenters. The van der Waals surface area contributed by atoms with Crippen LogP contribution in [0, 0.1) is 5.41 Å². The van der Waals surface area contributed by atoms with Crippen LogP contribution in [-0.2, 0) is 9.84 Å². The Labute approximate surface area is 237 Å². The quantitative estimate of drug-likeness (QED) is 0.354. The SMILES string of the molecule is COc1cc(N2CCN(CC(C)(C)CN(C)C)CC2)ccc1Nc1ncnc(Nc2ccccc2S(C)(=O)=O)n1. The predicted octanol–water partition coefficient (Wildman–Crippen LogP) is 3.48. The van der Waals surface area contributed by atoms with Crippen LogP contribution in [0.3, 0.4) is 0 Å². The number of nitrogens with one attached hydrogen (secondary N) is 2. The second-order valence-corrected chi connectivity index (χ2v) is 13.2. The minimum absolute atomic E-state index is 0.167. The van der Waals surface area contributed by atoms with E-state index in [1.807, 2.05) is 12.1 Å². The first kappa shape index (κ1) is 29.5. The maximum Gasteiger partial charge on any atom is 0.232 e. The van der Waals surface area contributed by atoms with Gasteiger partial charge in [-0.2, -0.15) is 4.98 Å². The Kier molecular flexibility index (Phi) is 9.12. The number of methoxy groups -OCH3 is 1. The van der Waals surface area contributed by atoms with Crippen molar-refractivity contribution in [1.29, 1.82) is 0 Å². The number of sulfone groups is 1. The zero-order chi connectivity index (χ0) is 28.9. The third-order valence-electron chi connectivity index (χ3n) is 6.67. The molecule has 3 aromatic rings. The molecule has 1 fully saturated rings. The molecule has 0 amide bonds. The fraction of sp³-hybridized carbons (Fsp3) is 0.464. The van der Waals surface area contributed by atoms with Crippen molar-refractivity contribution >= 4 is 38.8 Å². The first-order valence-electron chi connectivity index (χ1n) is 13.3. The Hall–Kier alpha value is -3.48. The molecule has 0 unspecified atom stereocenters. The van der Waals surface area contributed by atoms with Gasteiger partial charge in [0.15, 0.2) is 9.84 Å². The van der Waals surface area contributed by atoms with Gasteiger partial charge < -0.3 is 25.2 Å². The molecule has 4 rings (SSSR count). The molecule has 1 aliphatic rings. The molecular formula is C28H40N8O3S. The zero-order valence-electron chi connectivity index (χ0n) is 24.2. The Morgan fingerprint density at radius 3 is 2.25 bits per heavy atom. The summed E-state index contributed by atoms with van der Waals surface area (Å²) in [6, 6.07) is 12.7. The van der Waals surface area contributed by atoms with Gasteiger partial charge in [0.05, 0.1) is 23.4 Å². The van der Waals surface area contributed by atoms with Gasteiger partial charge >= 0.3 is 0 Å². The van der Waals surface area contributed by atoms with Crippen molar-refractivity contribution in [2.24, 2.45) is 5.41 Å². The average Bonchev–Trinajstić information content (AvgIpc) is 2.88. The molecule has 1 aromatic heterocycles. The highest BCUT2D eigenvalue weighted by Gasteiger charge is 2.26. The van der Waals surface area contributed by atoms with E-state index in [4.69, 9.17) is 4.74 Å². The largest absolute Gasteiger partial charge is 0.494 e. The molecular weight excluding hydrogens is 528 g/mol. The van der Waals surface area contributed by atoms with Crippen LogP contribution < -0.4 is 20.3 Å². The molecule has 2 N–H and O–H groups in total. The van der Waals surface area contributed by atoms with Gasteiger partial charge in [0.2, 0.25) is 11.9 Å². The molecule has 0 bridgehead atoms. The molecule has 0 radical (unpaired) electrons. The van der Waals surface area contributed by atoms with Crippen molar-refractivity contribution in [1.82, 2.24) is 24.8 Å². The molecule has 0 saturated carbocycles. The number of piperazine rings is 1. The van der Waals surface area contributed by atoms with E-state index in [0.717, 1.165) is 51.2 Å². The van der Waals surface area contributed by atoms with Crippen molar-refractivity contribution in [3.05, 3.63) is 48.8 Å². The summed E-state index contributed by atoms with van der Waals surface area (Å²) in [5.41, 5.74) is 2.45. The highest BCUT2D eigenvalue weighted by Crippen LogP contribution is 2.32. The molecule has 216 valence electrons. The van der Waals surface area contributed by atoms with Gasteiger partial charge in [-0.1, -0.05) is 26.0 Å². The number of aromatic nitrogens is 3. The van der Waals surface area contributed by atoms with E-state index in [9.17, 15) is 8.42 Å². The lowest BCUT2D eigenvalue weighted by molar-refractivity contribution is 0.139. The van der Waals surface area contributed by atoms with Gasteiger partial charge in [-0.15, -0.1) is 0 Å². The Balaban J connectivity index is 1.42.